The van der Waals surface area contributed by atoms with Crippen LogP contribution >= 0.6 is 11.6 Å². The van der Waals surface area contributed by atoms with Crippen molar-refractivity contribution < 1.29 is 0 Å². The van der Waals surface area contributed by atoms with Gasteiger partial charge >= 0.3 is 0 Å². The van der Waals surface area contributed by atoms with Gasteiger partial charge in [0.1, 0.15) is 5.82 Å². The second-order valence-corrected chi connectivity index (χ2v) is 7.20. The van der Waals surface area contributed by atoms with Gasteiger partial charge in [0, 0.05) is 5.41 Å². The van der Waals surface area contributed by atoms with Gasteiger partial charge in [-0.2, -0.15) is 0 Å². The maximum Gasteiger partial charge on any atom is 0.267 e. The number of hydrogen-bond acceptors (Lipinski definition) is 2. The van der Waals surface area contributed by atoms with E-state index in [0.29, 0.717) is 15.9 Å². The van der Waals surface area contributed by atoms with Crippen LogP contribution in [-0.2, 0) is 5.41 Å². The van der Waals surface area contributed by atoms with Crippen LogP contribution < -0.4 is 5.56 Å². The molecule has 0 aliphatic carbocycles. The molecule has 23 heavy (non-hydrogen) atoms. The number of fused-ring (bicyclic) bond motifs is 1. The number of hydrogen-bond donors (Lipinski definition) is 0. The summed E-state index contributed by atoms with van der Waals surface area (Å²) in [6.07, 6.45) is 0. The Morgan fingerprint density at radius 3 is 2.30 bits per heavy atom. The lowest BCUT2D eigenvalue weighted by Gasteiger charge is -2.23. The summed E-state index contributed by atoms with van der Waals surface area (Å²) in [6.45, 7) is 8.17. The molecule has 3 aromatic rings. The third-order valence-corrected chi connectivity index (χ3v) is 4.12. The van der Waals surface area contributed by atoms with Crippen LogP contribution in [0.1, 0.15) is 32.2 Å². The molecule has 0 radical (unpaired) electrons. The van der Waals surface area contributed by atoms with Gasteiger partial charge in [0.05, 0.1) is 21.6 Å². The van der Waals surface area contributed by atoms with Crippen LogP contribution in [-0.4, -0.2) is 9.55 Å². The van der Waals surface area contributed by atoms with Crippen molar-refractivity contribution in [2.24, 2.45) is 0 Å². The molecule has 3 rings (SSSR count). The quantitative estimate of drug-likeness (QED) is 0.652. The van der Waals surface area contributed by atoms with E-state index < -0.39 is 0 Å². The molecule has 118 valence electrons. The molecule has 0 spiro atoms. The molecule has 0 bridgehead atoms. The van der Waals surface area contributed by atoms with Crippen molar-refractivity contribution in [2.75, 3.05) is 0 Å². The highest BCUT2D eigenvalue weighted by Gasteiger charge is 2.24. The molecule has 0 aliphatic heterocycles. The minimum Gasteiger partial charge on any atom is -0.268 e. The molecular weight excluding hydrogens is 308 g/mol. The van der Waals surface area contributed by atoms with E-state index in [1.807, 2.05) is 43.3 Å². The summed E-state index contributed by atoms with van der Waals surface area (Å²) in [5, 5.41) is 0.893. The SMILES string of the molecule is Cc1ccc(-n2c(C(C)(C)C)nc3cccc(Cl)c3c2=O)cc1. The molecule has 0 saturated heterocycles. The van der Waals surface area contributed by atoms with E-state index in [4.69, 9.17) is 16.6 Å². The summed E-state index contributed by atoms with van der Waals surface area (Å²) in [6, 6.07) is 13.2. The third kappa shape index (κ3) is 2.77. The van der Waals surface area contributed by atoms with Gasteiger partial charge in [0.25, 0.3) is 5.56 Å². The van der Waals surface area contributed by atoms with E-state index >= 15 is 0 Å². The molecule has 2 aromatic carbocycles. The Morgan fingerprint density at radius 2 is 1.70 bits per heavy atom. The van der Waals surface area contributed by atoms with Crippen LogP contribution in [0.25, 0.3) is 16.6 Å². The lowest BCUT2D eigenvalue weighted by molar-refractivity contribution is 0.526. The van der Waals surface area contributed by atoms with E-state index in [-0.39, 0.29) is 11.0 Å². The monoisotopic (exact) mass is 326 g/mol. The minimum absolute atomic E-state index is 0.130. The molecule has 0 saturated carbocycles. The Bertz CT molecular complexity index is 934. The molecule has 4 heteroatoms. The molecule has 1 aromatic heterocycles. The van der Waals surface area contributed by atoms with Crippen molar-refractivity contribution >= 4 is 22.5 Å². The van der Waals surface area contributed by atoms with Crippen LogP contribution in [0.5, 0.6) is 0 Å². The predicted octanol–water partition coefficient (Wildman–Crippen LogP) is 4.65. The fraction of sp³-hybridized carbons (Fsp3) is 0.263. The molecule has 0 atom stereocenters. The second kappa shape index (κ2) is 5.50. The molecule has 3 nitrogen and oxygen atoms in total. The van der Waals surface area contributed by atoms with Crippen molar-refractivity contribution in [2.45, 2.75) is 33.1 Å². The standard InChI is InChI=1S/C19H19ClN2O/c1-12-8-10-13(11-9-12)22-17(23)16-14(20)6-5-7-15(16)21-18(22)19(2,3)4/h5-11H,1-4H3. The van der Waals surface area contributed by atoms with E-state index in [1.54, 1.807) is 10.6 Å². The van der Waals surface area contributed by atoms with Gasteiger partial charge in [-0.3, -0.25) is 9.36 Å². The number of benzene rings is 2. The van der Waals surface area contributed by atoms with Gasteiger partial charge in [-0.05, 0) is 31.2 Å². The maximum atomic E-state index is 13.1. The van der Waals surface area contributed by atoms with Gasteiger partial charge in [0.15, 0.2) is 0 Å². The number of aryl methyl sites for hydroxylation is 1. The van der Waals surface area contributed by atoms with Gasteiger partial charge in [-0.15, -0.1) is 0 Å². The highest BCUT2D eigenvalue weighted by Crippen LogP contribution is 2.26. The molecule has 1 heterocycles. The largest absolute Gasteiger partial charge is 0.268 e. The van der Waals surface area contributed by atoms with Crippen molar-refractivity contribution in [1.82, 2.24) is 9.55 Å². The number of aromatic nitrogens is 2. The van der Waals surface area contributed by atoms with E-state index in [0.717, 1.165) is 17.1 Å². The summed E-state index contributed by atoms with van der Waals surface area (Å²) in [4.78, 5) is 17.9. The second-order valence-electron chi connectivity index (χ2n) is 6.80. The van der Waals surface area contributed by atoms with Crippen LogP contribution in [0.3, 0.4) is 0 Å². The smallest absolute Gasteiger partial charge is 0.267 e. The topological polar surface area (TPSA) is 34.9 Å². The summed E-state index contributed by atoms with van der Waals surface area (Å²) in [7, 11) is 0. The number of halogens is 1. The Kier molecular flexibility index (Phi) is 3.77. The summed E-state index contributed by atoms with van der Waals surface area (Å²) >= 11 is 6.26. The molecule has 0 amide bonds. The summed E-state index contributed by atoms with van der Waals surface area (Å²) in [5.74, 6) is 0.723. The normalized spacial score (nSPS) is 11.9. The maximum absolute atomic E-state index is 13.1. The minimum atomic E-state index is -0.277. The molecular formula is C19H19ClN2O. The Balaban J connectivity index is 2.47. The fourth-order valence-electron chi connectivity index (χ4n) is 2.63. The zero-order valence-electron chi connectivity index (χ0n) is 13.7. The molecule has 0 unspecified atom stereocenters. The third-order valence-electron chi connectivity index (χ3n) is 3.81. The first-order valence-corrected chi connectivity index (χ1v) is 7.95. The van der Waals surface area contributed by atoms with Crippen molar-refractivity contribution in [3.63, 3.8) is 0 Å². The van der Waals surface area contributed by atoms with E-state index in [2.05, 4.69) is 20.8 Å². The molecule has 0 N–H and O–H groups in total. The zero-order chi connectivity index (χ0) is 16.8. The predicted molar refractivity (Wildman–Crippen MR) is 95.8 cm³/mol. The number of nitrogens with zero attached hydrogens (tertiary/aromatic N) is 2. The summed E-state index contributed by atoms with van der Waals surface area (Å²) in [5.41, 5.74) is 2.18. The zero-order valence-corrected chi connectivity index (χ0v) is 14.5. The van der Waals surface area contributed by atoms with Crippen LogP contribution in [0.4, 0.5) is 0 Å². The lowest BCUT2D eigenvalue weighted by atomic mass is 9.94. The summed E-state index contributed by atoms with van der Waals surface area (Å²) < 4.78 is 1.67. The number of rotatable bonds is 1. The average molecular weight is 327 g/mol. The Hall–Kier alpha value is -2.13. The fourth-order valence-corrected chi connectivity index (χ4v) is 2.88. The first kappa shape index (κ1) is 15.8. The van der Waals surface area contributed by atoms with Crippen LogP contribution in [0, 0.1) is 6.92 Å². The van der Waals surface area contributed by atoms with E-state index in [9.17, 15) is 4.79 Å². The van der Waals surface area contributed by atoms with Gasteiger partial charge in [-0.25, -0.2) is 4.98 Å². The van der Waals surface area contributed by atoms with Crippen molar-refractivity contribution in [3.8, 4) is 5.69 Å². The molecule has 0 aliphatic rings. The first-order chi connectivity index (χ1) is 10.8. The first-order valence-electron chi connectivity index (χ1n) is 7.58. The van der Waals surface area contributed by atoms with Crippen LogP contribution in [0.2, 0.25) is 5.02 Å². The van der Waals surface area contributed by atoms with Crippen molar-refractivity contribution in [1.29, 1.82) is 0 Å². The van der Waals surface area contributed by atoms with E-state index in [1.165, 1.54) is 0 Å². The van der Waals surface area contributed by atoms with Gasteiger partial charge in [-0.1, -0.05) is 56.1 Å². The lowest BCUT2D eigenvalue weighted by Crippen LogP contribution is -2.30. The van der Waals surface area contributed by atoms with Crippen molar-refractivity contribution in [3.05, 3.63) is 69.2 Å². The van der Waals surface area contributed by atoms with Gasteiger partial charge < -0.3 is 0 Å². The van der Waals surface area contributed by atoms with Crippen LogP contribution in [0.15, 0.2) is 47.3 Å². The molecule has 0 fully saturated rings. The Morgan fingerprint density at radius 1 is 1.04 bits per heavy atom. The highest BCUT2D eigenvalue weighted by atomic mass is 35.5. The highest BCUT2D eigenvalue weighted by molar-refractivity contribution is 6.35. The average Bonchev–Trinajstić information content (AvgIpc) is 2.47. The Labute approximate surface area is 140 Å². The van der Waals surface area contributed by atoms with Gasteiger partial charge in [0.2, 0.25) is 0 Å².